The molecule has 2 N–H and O–H groups in total. The molecule has 5 heteroatoms. The largest absolute Gasteiger partial charge is 0.343 e. The van der Waals surface area contributed by atoms with E-state index >= 15 is 0 Å². The first-order chi connectivity index (χ1) is 10.7. The highest BCUT2D eigenvalue weighted by Crippen LogP contribution is 2.17. The Bertz CT molecular complexity index is 359. The predicted molar refractivity (Wildman–Crippen MR) is 87.7 cm³/mol. The second-order valence-electron chi connectivity index (χ2n) is 6.71. The number of urea groups is 1. The lowest BCUT2D eigenvalue weighted by molar-refractivity contribution is -0.132. The van der Waals surface area contributed by atoms with Gasteiger partial charge >= 0.3 is 6.03 Å². The van der Waals surface area contributed by atoms with E-state index < -0.39 is 0 Å². The van der Waals surface area contributed by atoms with E-state index in [2.05, 4.69) is 17.6 Å². The first kappa shape index (κ1) is 17.1. The summed E-state index contributed by atoms with van der Waals surface area (Å²) in [6.45, 7) is 3.65. The van der Waals surface area contributed by atoms with Gasteiger partial charge in [0.2, 0.25) is 5.91 Å². The number of nitrogens with zero attached hydrogens (tertiary/aromatic N) is 1. The summed E-state index contributed by atoms with van der Waals surface area (Å²) in [7, 11) is 0. The van der Waals surface area contributed by atoms with Crippen molar-refractivity contribution < 1.29 is 9.59 Å². The van der Waals surface area contributed by atoms with Crippen LogP contribution in [0.15, 0.2) is 0 Å². The molecule has 1 aliphatic carbocycles. The molecule has 1 heterocycles. The normalized spacial score (nSPS) is 20.7. The number of carbonyl (C=O) groups excluding carboxylic acids is 2. The van der Waals surface area contributed by atoms with Crippen LogP contribution in [-0.2, 0) is 4.79 Å². The van der Waals surface area contributed by atoms with E-state index in [1.54, 1.807) is 0 Å². The van der Waals surface area contributed by atoms with E-state index in [-0.39, 0.29) is 18.0 Å². The van der Waals surface area contributed by atoms with Crippen molar-refractivity contribution in [1.82, 2.24) is 15.5 Å². The summed E-state index contributed by atoms with van der Waals surface area (Å²) in [4.78, 5) is 26.0. The first-order valence-corrected chi connectivity index (χ1v) is 9.04. The van der Waals surface area contributed by atoms with Gasteiger partial charge in [0, 0.05) is 31.6 Å². The number of likely N-dealkylation sites (tertiary alicyclic amines) is 1. The van der Waals surface area contributed by atoms with Crippen molar-refractivity contribution in [1.29, 1.82) is 0 Å². The van der Waals surface area contributed by atoms with Gasteiger partial charge in [0.05, 0.1) is 0 Å². The fourth-order valence-corrected chi connectivity index (χ4v) is 3.42. The van der Waals surface area contributed by atoms with Crippen LogP contribution in [-0.4, -0.2) is 42.0 Å². The highest BCUT2D eigenvalue weighted by Gasteiger charge is 2.24. The van der Waals surface area contributed by atoms with Gasteiger partial charge in [-0.1, -0.05) is 32.6 Å². The smallest absolute Gasteiger partial charge is 0.315 e. The van der Waals surface area contributed by atoms with Crippen molar-refractivity contribution in [3.8, 4) is 0 Å². The standard InChI is InChI=1S/C17H31N3O2/c1-2-3-9-16(21)20-12-10-15(11-13-20)19-17(22)18-14-7-5-4-6-8-14/h14-15H,2-13H2,1H3,(H2,18,19,22). The number of carbonyl (C=O) groups is 2. The Labute approximate surface area is 134 Å². The summed E-state index contributed by atoms with van der Waals surface area (Å²) in [5.74, 6) is 0.270. The van der Waals surface area contributed by atoms with Crippen LogP contribution in [0.1, 0.15) is 71.1 Å². The Kier molecular flexibility index (Phi) is 7.00. The summed E-state index contributed by atoms with van der Waals surface area (Å²) in [5.41, 5.74) is 0. The van der Waals surface area contributed by atoms with Gasteiger partial charge in [0.25, 0.3) is 0 Å². The average Bonchev–Trinajstić information content (AvgIpc) is 2.54. The van der Waals surface area contributed by atoms with Crippen LogP contribution in [0.5, 0.6) is 0 Å². The number of rotatable bonds is 5. The molecule has 5 nitrogen and oxygen atoms in total. The summed E-state index contributed by atoms with van der Waals surface area (Å²) in [6.07, 6.45) is 10.4. The van der Waals surface area contributed by atoms with Gasteiger partial charge in [-0.2, -0.15) is 0 Å². The van der Waals surface area contributed by atoms with E-state index in [1.165, 1.54) is 19.3 Å². The van der Waals surface area contributed by atoms with Crippen molar-refractivity contribution in [2.75, 3.05) is 13.1 Å². The summed E-state index contributed by atoms with van der Waals surface area (Å²) >= 11 is 0. The predicted octanol–water partition coefficient (Wildman–Crippen LogP) is 2.80. The zero-order chi connectivity index (χ0) is 15.8. The van der Waals surface area contributed by atoms with Crippen LogP contribution < -0.4 is 10.6 Å². The quantitative estimate of drug-likeness (QED) is 0.820. The molecule has 2 rings (SSSR count). The topological polar surface area (TPSA) is 61.4 Å². The maximum absolute atomic E-state index is 12.0. The lowest BCUT2D eigenvalue weighted by atomic mass is 9.96. The fourth-order valence-electron chi connectivity index (χ4n) is 3.42. The molecule has 2 aliphatic rings. The molecule has 0 bridgehead atoms. The Hall–Kier alpha value is -1.26. The van der Waals surface area contributed by atoms with Crippen LogP contribution in [0.4, 0.5) is 4.79 Å². The van der Waals surface area contributed by atoms with Gasteiger partial charge in [0.1, 0.15) is 0 Å². The first-order valence-electron chi connectivity index (χ1n) is 9.04. The molecule has 22 heavy (non-hydrogen) atoms. The Balaban J connectivity index is 1.64. The monoisotopic (exact) mass is 309 g/mol. The molecule has 1 saturated carbocycles. The van der Waals surface area contributed by atoms with Gasteiger partial charge < -0.3 is 15.5 Å². The molecule has 0 unspecified atom stereocenters. The van der Waals surface area contributed by atoms with E-state index in [0.29, 0.717) is 12.5 Å². The number of nitrogens with one attached hydrogen (secondary N) is 2. The Morgan fingerprint density at radius 2 is 1.55 bits per heavy atom. The molecule has 1 aliphatic heterocycles. The Morgan fingerprint density at radius 3 is 2.14 bits per heavy atom. The molecule has 0 radical (unpaired) electrons. The zero-order valence-electron chi connectivity index (χ0n) is 13.9. The molecule has 0 atom stereocenters. The second kappa shape index (κ2) is 9.01. The van der Waals surface area contributed by atoms with Gasteiger partial charge in [-0.15, -0.1) is 0 Å². The van der Waals surface area contributed by atoms with Crippen LogP contribution >= 0.6 is 0 Å². The zero-order valence-corrected chi connectivity index (χ0v) is 13.9. The van der Waals surface area contributed by atoms with Crippen molar-refractivity contribution >= 4 is 11.9 Å². The molecule has 0 aromatic heterocycles. The number of hydrogen-bond donors (Lipinski definition) is 2. The average molecular weight is 309 g/mol. The molecule has 3 amide bonds. The highest BCUT2D eigenvalue weighted by atomic mass is 16.2. The molecule has 2 fully saturated rings. The highest BCUT2D eigenvalue weighted by molar-refractivity contribution is 5.76. The van der Waals surface area contributed by atoms with E-state index in [9.17, 15) is 9.59 Å². The fraction of sp³-hybridized carbons (Fsp3) is 0.882. The maximum atomic E-state index is 12.0. The third-order valence-corrected chi connectivity index (χ3v) is 4.87. The number of piperidine rings is 1. The molecule has 0 aromatic carbocycles. The van der Waals surface area contributed by atoms with Gasteiger partial charge in [0.15, 0.2) is 0 Å². The van der Waals surface area contributed by atoms with E-state index in [4.69, 9.17) is 0 Å². The van der Waals surface area contributed by atoms with Crippen LogP contribution in [0.2, 0.25) is 0 Å². The third kappa shape index (κ3) is 5.50. The molecule has 0 spiro atoms. The summed E-state index contributed by atoms with van der Waals surface area (Å²) in [5, 5.41) is 6.18. The van der Waals surface area contributed by atoms with Crippen LogP contribution in [0, 0.1) is 0 Å². The number of unbranched alkanes of at least 4 members (excludes halogenated alkanes) is 1. The van der Waals surface area contributed by atoms with Crippen molar-refractivity contribution in [2.45, 2.75) is 83.2 Å². The van der Waals surface area contributed by atoms with Crippen LogP contribution in [0.3, 0.4) is 0 Å². The minimum absolute atomic E-state index is 0.0253. The Morgan fingerprint density at radius 1 is 0.955 bits per heavy atom. The maximum Gasteiger partial charge on any atom is 0.315 e. The molecular formula is C17H31N3O2. The minimum Gasteiger partial charge on any atom is -0.343 e. The SMILES string of the molecule is CCCCC(=O)N1CCC(NC(=O)NC2CCCCC2)CC1. The van der Waals surface area contributed by atoms with E-state index in [0.717, 1.165) is 51.6 Å². The third-order valence-electron chi connectivity index (χ3n) is 4.87. The molecule has 126 valence electrons. The molecule has 1 saturated heterocycles. The summed E-state index contributed by atoms with van der Waals surface area (Å²) in [6, 6.07) is 0.533. The van der Waals surface area contributed by atoms with Gasteiger partial charge in [-0.25, -0.2) is 4.79 Å². The van der Waals surface area contributed by atoms with E-state index in [1.807, 2.05) is 4.90 Å². The minimum atomic E-state index is -0.0253. The number of amides is 3. The molecular weight excluding hydrogens is 278 g/mol. The van der Waals surface area contributed by atoms with Crippen molar-refractivity contribution in [3.63, 3.8) is 0 Å². The number of hydrogen-bond acceptors (Lipinski definition) is 2. The van der Waals surface area contributed by atoms with Crippen LogP contribution in [0.25, 0.3) is 0 Å². The van der Waals surface area contributed by atoms with Gasteiger partial charge in [-0.05, 0) is 32.1 Å². The van der Waals surface area contributed by atoms with Gasteiger partial charge in [-0.3, -0.25) is 4.79 Å². The lowest BCUT2D eigenvalue weighted by Crippen LogP contribution is -2.51. The lowest BCUT2D eigenvalue weighted by Gasteiger charge is -2.33. The summed E-state index contributed by atoms with van der Waals surface area (Å²) < 4.78 is 0. The molecule has 0 aromatic rings. The van der Waals surface area contributed by atoms with Crippen molar-refractivity contribution in [2.24, 2.45) is 0 Å². The second-order valence-corrected chi connectivity index (χ2v) is 6.71. The van der Waals surface area contributed by atoms with Crippen molar-refractivity contribution in [3.05, 3.63) is 0 Å².